The summed E-state index contributed by atoms with van der Waals surface area (Å²) < 4.78 is 14.5. The van der Waals surface area contributed by atoms with Crippen LogP contribution < -0.4 is 5.56 Å². The molecule has 0 spiro atoms. The predicted molar refractivity (Wildman–Crippen MR) is 78.5 cm³/mol. The lowest BCUT2D eigenvalue weighted by molar-refractivity contribution is 0.0695. The Morgan fingerprint density at radius 1 is 1.23 bits per heavy atom. The first-order chi connectivity index (χ1) is 10.6. The molecule has 3 rings (SSSR count). The van der Waals surface area contributed by atoms with Crippen LogP contribution in [0.15, 0.2) is 53.5 Å². The zero-order chi connectivity index (χ0) is 15.7. The normalized spacial score (nSPS) is 10.8. The zero-order valence-electron chi connectivity index (χ0n) is 11.4. The van der Waals surface area contributed by atoms with E-state index < -0.39 is 11.8 Å². The van der Waals surface area contributed by atoms with Gasteiger partial charge >= 0.3 is 5.97 Å². The number of hydrogen-bond donors (Lipinski definition) is 1. The Bertz CT molecular complexity index is 934. The van der Waals surface area contributed by atoms with Crippen LogP contribution in [0.3, 0.4) is 0 Å². The molecule has 0 unspecified atom stereocenters. The molecule has 0 fully saturated rings. The molecule has 0 aliphatic heterocycles. The molecule has 0 aliphatic rings. The lowest BCUT2D eigenvalue weighted by Gasteiger charge is -2.09. The average molecular weight is 298 g/mol. The standard InChI is InChI=1S/C16H11FN2O3/c17-12-5-6-14(16(21)22)11(7-12)9-19-15(20)13-4-2-1-3-10(13)8-18-19/h1-8H,9H2,(H,21,22). The van der Waals surface area contributed by atoms with E-state index in [0.717, 1.165) is 16.8 Å². The molecular formula is C16H11FN2O3. The zero-order valence-corrected chi connectivity index (χ0v) is 11.4. The van der Waals surface area contributed by atoms with Gasteiger partial charge in [-0.15, -0.1) is 0 Å². The van der Waals surface area contributed by atoms with E-state index in [2.05, 4.69) is 5.10 Å². The third-order valence-electron chi connectivity index (χ3n) is 3.38. The summed E-state index contributed by atoms with van der Waals surface area (Å²) in [5.41, 5.74) is -0.209. The summed E-state index contributed by atoms with van der Waals surface area (Å²) in [6.45, 7) is -0.108. The van der Waals surface area contributed by atoms with E-state index in [-0.39, 0.29) is 23.2 Å². The number of halogens is 1. The van der Waals surface area contributed by atoms with Gasteiger partial charge in [-0.3, -0.25) is 4.79 Å². The van der Waals surface area contributed by atoms with E-state index >= 15 is 0 Å². The highest BCUT2D eigenvalue weighted by atomic mass is 19.1. The van der Waals surface area contributed by atoms with E-state index in [0.29, 0.717) is 10.8 Å². The Morgan fingerprint density at radius 3 is 2.77 bits per heavy atom. The minimum Gasteiger partial charge on any atom is -0.478 e. The molecule has 6 heteroatoms. The lowest BCUT2D eigenvalue weighted by Crippen LogP contribution is -2.24. The maximum Gasteiger partial charge on any atom is 0.336 e. The van der Waals surface area contributed by atoms with Gasteiger partial charge in [0.25, 0.3) is 5.56 Å². The van der Waals surface area contributed by atoms with Gasteiger partial charge < -0.3 is 5.11 Å². The van der Waals surface area contributed by atoms with Gasteiger partial charge in [0.15, 0.2) is 0 Å². The Balaban J connectivity index is 2.11. The Hall–Kier alpha value is -3.02. The van der Waals surface area contributed by atoms with E-state index in [1.165, 1.54) is 12.3 Å². The Kier molecular flexibility index (Phi) is 3.42. The summed E-state index contributed by atoms with van der Waals surface area (Å²) in [6.07, 6.45) is 1.52. The summed E-state index contributed by atoms with van der Waals surface area (Å²) in [4.78, 5) is 23.5. The molecule has 0 amide bonds. The quantitative estimate of drug-likeness (QED) is 0.805. The van der Waals surface area contributed by atoms with Crippen LogP contribution in [0.5, 0.6) is 0 Å². The summed E-state index contributed by atoms with van der Waals surface area (Å²) in [5, 5.41) is 14.3. The molecular weight excluding hydrogens is 287 g/mol. The van der Waals surface area contributed by atoms with Gasteiger partial charge in [0.1, 0.15) is 5.82 Å². The van der Waals surface area contributed by atoms with Crippen molar-refractivity contribution in [3.63, 3.8) is 0 Å². The molecule has 0 aliphatic carbocycles. The van der Waals surface area contributed by atoms with Gasteiger partial charge in [-0.05, 0) is 29.8 Å². The molecule has 5 nitrogen and oxygen atoms in total. The average Bonchev–Trinajstić information content (AvgIpc) is 2.50. The summed E-state index contributed by atoms with van der Waals surface area (Å²) in [6, 6.07) is 10.3. The fourth-order valence-corrected chi connectivity index (χ4v) is 2.30. The number of fused-ring (bicyclic) bond motifs is 1. The third kappa shape index (κ3) is 2.46. The molecule has 0 radical (unpaired) electrons. The van der Waals surface area contributed by atoms with E-state index in [4.69, 9.17) is 5.11 Å². The minimum atomic E-state index is -1.18. The highest BCUT2D eigenvalue weighted by Gasteiger charge is 2.13. The van der Waals surface area contributed by atoms with Crippen LogP contribution in [-0.4, -0.2) is 20.9 Å². The first-order valence-corrected chi connectivity index (χ1v) is 6.53. The first kappa shape index (κ1) is 13.9. The molecule has 0 saturated heterocycles. The van der Waals surface area contributed by atoms with Crippen LogP contribution in [0.2, 0.25) is 0 Å². The smallest absolute Gasteiger partial charge is 0.336 e. The van der Waals surface area contributed by atoms with Crippen molar-refractivity contribution in [3.05, 3.63) is 76.0 Å². The second-order valence-electron chi connectivity index (χ2n) is 4.80. The van der Waals surface area contributed by atoms with Crippen LogP contribution in [0.1, 0.15) is 15.9 Å². The molecule has 0 atom stereocenters. The molecule has 0 bridgehead atoms. The Labute approximate surface area is 124 Å². The molecule has 1 N–H and O–H groups in total. The second kappa shape index (κ2) is 5.40. The molecule has 1 heterocycles. The Morgan fingerprint density at radius 2 is 2.00 bits per heavy atom. The highest BCUT2D eigenvalue weighted by molar-refractivity contribution is 5.89. The predicted octanol–water partition coefficient (Wildman–Crippen LogP) is 2.28. The number of rotatable bonds is 3. The van der Waals surface area contributed by atoms with Crippen LogP contribution in [0.4, 0.5) is 4.39 Å². The molecule has 3 aromatic rings. The maximum absolute atomic E-state index is 13.4. The van der Waals surface area contributed by atoms with E-state index in [1.54, 1.807) is 24.3 Å². The monoisotopic (exact) mass is 298 g/mol. The minimum absolute atomic E-state index is 0.0525. The second-order valence-corrected chi connectivity index (χ2v) is 4.80. The number of carboxylic acids is 1. The number of aromatic carboxylic acids is 1. The fraction of sp³-hybridized carbons (Fsp3) is 0.0625. The van der Waals surface area contributed by atoms with Crippen molar-refractivity contribution in [2.75, 3.05) is 0 Å². The lowest BCUT2D eigenvalue weighted by atomic mass is 10.1. The third-order valence-corrected chi connectivity index (χ3v) is 3.38. The number of carboxylic acid groups (broad SMARTS) is 1. The van der Waals surface area contributed by atoms with Crippen molar-refractivity contribution in [1.29, 1.82) is 0 Å². The van der Waals surface area contributed by atoms with Gasteiger partial charge in [0, 0.05) is 5.39 Å². The van der Waals surface area contributed by atoms with Gasteiger partial charge in [-0.25, -0.2) is 13.9 Å². The molecule has 2 aromatic carbocycles. The van der Waals surface area contributed by atoms with Gasteiger partial charge in [-0.2, -0.15) is 5.10 Å². The molecule has 110 valence electrons. The summed E-state index contributed by atoms with van der Waals surface area (Å²) in [7, 11) is 0. The largest absolute Gasteiger partial charge is 0.478 e. The molecule has 22 heavy (non-hydrogen) atoms. The van der Waals surface area contributed by atoms with E-state index in [1.807, 2.05) is 0 Å². The number of hydrogen-bond acceptors (Lipinski definition) is 3. The van der Waals surface area contributed by atoms with Crippen LogP contribution in [0, 0.1) is 5.82 Å². The van der Waals surface area contributed by atoms with Crippen molar-refractivity contribution < 1.29 is 14.3 Å². The summed E-state index contributed by atoms with van der Waals surface area (Å²) >= 11 is 0. The van der Waals surface area contributed by atoms with Crippen molar-refractivity contribution in [3.8, 4) is 0 Å². The molecule has 0 saturated carbocycles. The fourth-order valence-electron chi connectivity index (χ4n) is 2.30. The first-order valence-electron chi connectivity index (χ1n) is 6.53. The van der Waals surface area contributed by atoms with Crippen molar-refractivity contribution in [2.45, 2.75) is 6.54 Å². The van der Waals surface area contributed by atoms with Gasteiger partial charge in [0.05, 0.1) is 23.7 Å². The number of nitrogens with zero attached hydrogens (tertiary/aromatic N) is 2. The van der Waals surface area contributed by atoms with Crippen LogP contribution in [-0.2, 0) is 6.54 Å². The number of aromatic nitrogens is 2. The van der Waals surface area contributed by atoms with Crippen molar-refractivity contribution >= 4 is 16.7 Å². The van der Waals surface area contributed by atoms with Crippen LogP contribution >= 0.6 is 0 Å². The summed E-state index contributed by atoms with van der Waals surface area (Å²) in [5.74, 6) is -1.74. The highest BCUT2D eigenvalue weighted by Crippen LogP contribution is 2.13. The van der Waals surface area contributed by atoms with Crippen LogP contribution in [0.25, 0.3) is 10.8 Å². The SMILES string of the molecule is O=C(O)c1ccc(F)cc1Cn1ncc2ccccc2c1=O. The maximum atomic E-state index is 13.4. The number of benzene rings is 2. The topological polar surface area (TPSA) is 72.2 Å². The van der Waals surface area contributed by atoms with Crippen molar-refractivity contribution in [1.82, 2.24) is 9.78 Å². The van der Waals surface area contributed by atoms with Gasteiger partial charge in [-0.1, -0.05) is 18.2 Å². The molecule has 1 aromatic heterocycles. The van der Waals surface area contributed by atoms with E-state index in [9.17, 15) is 14.0 Å². The van der Waals surface area contributed by atoms with Gasteiger partial charge in [0.2, 0.25) is 0 Å². The van der Waals surface area contributed by atoms with Crippen molar-refractivity contribution in [2.24, 2.45) is 0 Å². The number of carbonyl (C=O) groups is 1.